The molecule has 0 fully saturated rings. The minimum Gasteiger partial charge on any atom is -0.490 e. The first-order valence-electron chi connectivity index (χ1n) is 6.31. The van der Waals surface area contributed by atoms with Crippen LogP contribution in [-0.4, -0.2) is 17.8 Å². The summed E-state index contributed by atoms with van der Waals surface area (Å²) in [6.45, 7) is 0. The van der Waals surface area contributed by atoms with E-state index in [1.807, 2.05) is 12.1 Å². The number of hydrogen-bond acceptors (Lipinski definition) is 4. The molecule has 0 amide bonds. The lowest BCUT2D eigenvalue weighted by molar-refractivity contribution is -0.385. The van der Waals surface area contributed by atoms with Gasteiger partial charge in [-0.1, -0.05) is 24.3 Å². The van der Waals surface area contributed by atoms with E-state index < -0.39 is 4.92 Å². The van der Waals surface area contributed by atoms with Crippen LogP contribution in [0, 0.1) is 13.7 Å². The third-order valence-corrected chi connectivity index (χ3v) is 3.67. The third-order valence-electron chi connectivity index (χ3n) is 2.96. The molecule has 0 saturated carbocycles. The quantitative estimate of drug-likeness (QED) is 0.245. The van der Waals surface area contributed by atoms with Crippen molar-refractivity contribution < 1.29 is 14.5 Å². The molecule has 0 aliphatic rings. The normalized spacial score (nSPS) is 10.6. The monoisotopic (exact) mass is 409 g/mol. The number of nitrogens with zero attached hydrogens (tertiary/aromatic N) is 1. The van der Waals surface area contributed by atoms with Gasteiger partial charge in [0.25, 0.3) is 0 Å². The van der Waals surface area contributed by atoms with E-state index in [1.165, 1.54) is 25.3 Å². The highest BCUT2D eigenvalue weighted by molar-refractivity contribution is 14.1. The van der Waals surface area contributed by atoms with Gasteiger partial charge in [0, 0.05) is 15.2 Å². The van der Waals surface area contributed by atoms with Crippen LogP contribution in [0.3, 0.4) is 0 Å². The lowest BCUT2D eigenvalue weighted by Gasteiger charge is -2.02. The maximum absolute atomic E-state index is 12.0. The first-order chi connectivity index (χ1) is 10.5. The highest BCUT2D eigenvalue weighted by atomic mass is 127. The molecular formula is C16H12INO4. The van der Waals surface area contributed by atoms with Gasteiger partial charge in [0.05, 0.1) is 12.0 Å². The summed E-state index contributed by atoms with van der Waals surface area (Å²) >= 11 is 2.16. The van der Waals surface area contributed by atoms with Crippen molar-refractivity contribution in [3.05, 3.63) is 73.4 Å². The summed E-state index contributed by atoms with van der Waals surface area (Å²) in [4.78, 5) is 22.5. The van der Waals surface area contributed by atoms with Crippen molar-refractivity contribution in [3.8, 4) is 5.75 Å². The van der Waals surface area contributed by atoms with Crippen molar-refractivity contribution in [2.75, 3.05) is 7.11 Å². The van der Waals surface area contributed by atoms with Crippen LogP contribution >= 0.6 is 22.6 Å². The first-order valence-corrected chi connectivity index (χ1v) is 7.39. The first kappa shape index (κ1) is 16.2. The lowest BCUT2D eigenvalue weighted by Crippen LogP contribution is -1.95. The second-order valence-electron chi connectivity index (χ2n) is 4.39. The zero-order chi connectivity index (χ0) is 16.1. The molecule has 0 spiro atoms. The topological polar surface area (TPSA) is 69.4 Å². The number of methoxy groups -OCH3 is 1. The number of allylic oxidation sites excluding steroid dienone is 1. The zero-order valence-electron chi connectivity index (χ0n) is 11.7. The second-order valence-corrected chi connectivity index (χ2v) is 5.64. The zero-order valence-corrected chi connectivity index (χ0v) is 13.8. The summed E-state index contributed by atoms with van der Waals surface area (Å²) in [6.07, 6.45) is 2.94. The molecule has 2 aromatic carbocycles. The molecule has 22 heavy (non-hydrogen) atoms. The van der Waals surface area contributed by atoms with E-state index in [2.05, 4.69) is 22.6 Å². The number of halogens is 1. The fraction of sp³-hybridized carbons (Fsp3) is 0.0625. The Morgan fingerprint density at radius 3 is 2.50 bits per heavy atom. The fourth-order valence-electron chi connectivity index (χ4n) is 1.84. The average Bonchev–Trinajstić information content (AvgIpc) is 2.53. The van der Waals surface area contributed by atoms with Gasteiger partial charge in [0.1, 0.15) is 0 Å². The highest BCUT2D eigenvalue weighted by Crippen LogP contribution is 2.28. The molecule has 0 aromatic heterocycles. The Kier molecular flexibility index (Phi) is 5.26. The van der Waals surface area contributed by atoms with Gasteiger partial charge in [0.15, 0.2) is 11.5 Å². The number of nitro benzene ring substituents is 1. The number of carbonyl (C=O) groups excluding carboxylic acids is 1. The van der Waals surface area contributed by atoms with E-state index in [9.17, 15) is 14.9 Å². The Balaban J connectivity index is 2.22. The van der Waals surface area contributed by atoms with Crippen LogP contribution in [0.25, 0.3) is 6.08 Å². The third kappa shape index (κ3) is 3.91. The Morgan fingerprint density at radius 1 is 1.23 bits per heavy atom. The van der Waals surface area contributed by atoms with Crippen molar-refractivity contribution in [1.82, 2.24) is 0 Å². The molecule has 0 aliphatic heterocycles. The molecule has 2 aromatic rings. The van der Waals surface area contributed by atoms with Crippen LogP contribution in [0.15, 0.2) is 48.5 Å². The SMILES string of the molecule is COc1ccc(C=CC(=O)c2ccc(I)cc2)cc1[N+](=O)[O-]. The summed E-state index contributed by atoms with van der Waals surface area (Å²) in [5.74, 6) is 0.0287. The lowest BCUT2D eigenvalue weighted by atomic mass is 10.1. The van der Waals surface area contributed by atoms with Crippen molar-refractivity contribution in [2.24, 2.45) is 0 Å². The van der Waals surface area contributed by atoms with Crippen molar-refractivity contribution in [2.45, 2.75) is 0 Å². The number of carbonyl (C=O) groups is 1. The minimum absolute atomic E-state index is 0.133. The van der Waals surface area contributed by atoms with E-state index in [0.29, 0.717) is 11.1 Å². The standard InChI is InChI=1S/C16H12INO4/c1-22-16-9-3-11(10-14(16)18(20)21)2-8-15(19)12-4-6-13(17)7-5-12/h2-10H,1H3. The molecule has 6 heteroatoms. The number of nitro groups is 1. The van der Waals surface area contributed by atoms with Crippen LogP contribution < -0.4 is 4.74 Å². The fourth-order valence-corrected chi connectivity index (χ4v) is 2.20. The Labute approximate surface area is 140 Å². The molecule has 0 bridgehead atoms. The van der Waals surface area contributed by atoms with E-state index >= 15 is 0 Å². The Hall–Kier alpha value is -2.22. The molecule has 112 valence electrons. The smallest absolute Gasteiger partial charge is 0.311 e. The molecule has 5 nitrogen and oxygen atoms in total. The summed E-state index contributed by atoms with van der Waals surface area (Å²) in [5, 5.41) is 11.0. The molecule has 0 unspecified atom stereocenters. The van der Waals surface area contributed by atoms with Crippen molar-refractivity contribution in [1.29, 1.82) is 0 Å². The van der Waals surface area contributed by atoms with Crippen molar-refractivity contribution in [3.63, 3.8) is 0 Å². The van der Waals surface area contributed by atoms with Gasteiger partial charge in [-0.25, -0.2) is 0 Å². The summed E-state index contributed by atoms with van der Waals surface area (Å²) in [5.41, 5.74) is 0.998. The van der Waals surface area contributed by atoms with E-state index in [-0.39, 0.29) is 17.2 Å². The van der Waals surface area contributed by atoms with Gasteiger partial charge >= 0.3 is 5.69 Å². The van der Waals surface area contributed by atoms with Gasteiger partial charge in [-0.3, -0.25) is 14.9 Å². The van der Waals surface area contributed by atoms with Crippen LogP contribution in [-0.2, 0) is 0 Å². The Bertz CT molecular complexity index is 738. The van der Waals surface area contributed by atoms with Gasteiger partial charge < -0.3 is 4.74 Å². The predicted octanol–water partition coefficient (Wildman–Crippen LogP) is 4.10. The maximum Gasteiger partial charge on any atom is 0.311 e. The number of benzene rings is 2. The molecule has 0 radical (unpaired) electrons. The van der Waals surface area contributed by atoms with Crippen LogP contribution in [0.1, 0.15) is 15.9 Å². The average molecular weight is 409 g/mol. The number of rotatable bonds is 5. The summed E-state index contributed by atoms with van der Waals surface area (Å²) in [6, 6.07) is 11.7. The Morgan fingerprint density at radius 2 is 1.91 bits per heavy atom. The van der Waals surface area contributed by atoms with Gasteiger partial charge in [-0.2, -0.15) is 0 Å². The number of ketones is 1. The van der Waals surface area contributed by atoms with E-state index in [1.54, 1.807) is 24.3 Å². The number of hydrogen-bond donors (Lipinski definition) is 0. The number of ether oxygens (including phenoxy) is 1. The van der Waals surface area contributed by atoms with Crippen LogP contribution in [0.4, 0.5) is 5.69 Å². The molecule has 0 N–H and O–H groups in total. The highest BCUT2D eigenvalue weighted by Gasteiger charge is 2.14. The molecule has 0 aliphatic carbocycles. The molecule has 0 heterocycles. The predicted molar refractivity (Wildman–Crippen MR) is 92.2 cm³/mol. The van der Waals surface area contributed by atoms with Crippen LogP contribution in [0.5, 0.6) is 5.75 Å². The van der Waals surface area contributed by atoms with Gasteiger partial charge in [-0.15, -0.1) is 0 Å². The summed E-state index contributed by atoms with van der Waals surface area (Å²) < 4.78 is 5.98. The maximum atomic E-state index is 12.0. The largest absolute Gasteiger partial charge is 0.490 e. The minimum atomic E-state index is -0.517. The molecule has 2 rings (SSSR count). The van der Waals surface area contributed by atoms with Crippen LogP contribution in [0.2, 0.25) is 0 Å². The molecule has 0 atom stereocenters. The van der Waals surface area contributed by atoms with Crippen molar-refractivity contribution >= 4 is 40.1 Å². The van der Waals surface area contributed by atoms with E-state index in [0.717, 1.165) is 3.57 Å². The van der Waals surface area contributed by atoms with Gasteiger partial charge in [0.2, 0.25) is 0 Å². The van der Waals surface area contributed by atoms with E-state index in [4.69, 9.17) is 4.74 Å². The molecule has 0 saturated heterocycles. The van der Waals surface area contributed by atoms with Gasteiger partial charge in [-0.05, 0) is 52.4 Å². The summed E-state index contributed by atoms with van der Waals surface area (Å²) in [7, 11) is 1.37. The second kappa shape index (κ2) is 7.17. The molecular weight excluding hydrogens is 397 g/mol.